The second-order valence-corrected chi connectivity index (χ2v) is 3.14. The molecule has 0 saturated heterocycles. The summed E-state index contributed by atoms with van der Waals surface area (Å²) >= 11 is 0. The number of aliphatic hydroxyl groups excluding tert-OH is 1. The number of Topliss-reactive ketones (excluding diaryl/α,β-unsaturated/α-hetero) is 1. The number of H-pyrrole nitrogens is 1. The molecule has 0 unspecified atom stereocenters. The Labute approximate surface area is 80.6 Å². The molecule has 0 amide bonds. The first-order valence-corrected chi connectivity index (χ1v) is 4.31. The summed E-state index contributed by atoms with van der Waals surface area (Å²) in [5, 5.41) is 8.69. The number of aliphatic hydroxyl groups is 1. The van der Waals surface area contributed by atoms with Gasteiger partial charge < -0.3 is 10.1 Å². The van der Waals surface area contributed by atoms with Crippen LogP contribution < -0.4 is 0 Å². The Balaban J connectivity index is 2.55. The van der Waals surface area contributed by atoms with Crippen molar-refractivity contribution in [1.82, 2.24) is 9.97 Å². The molecule has 2 N–H and O–H groups in total. The molecular weight excluding hydrogens is 180 g/mol. The summed E-state index contributed by atoms with van der Waals surface area (Å²) in [5.41, 5.74) is 2.16. The first-order chi connectivity index (χ1) is 6.70. The van der Waals surface area contributed by atoms with Crippen molar-refractivity contribution in [1.29, 1.82) is 0 Å². The molecule has 4 nitrogen and oxygen atoms in total. The molecule has 1 heterocycles. The lowest BCUT2D eigenvalue weighted by Crippen LogP contribution is -2.03. The fraction of sp³-hybridized carbons (Fsp3) is 0.200. The van der Waals surface area contributed by atoms with Gasteiger partial charge in [0, 0.05) is 5.56 Å². The van der Waals surface area contributed by atoms with Crippen LogP contribution in [0, 0.1) is 6.92 Å². The van der Waals surface area contributed by atoms with Crippen LogP contribution in [-0.4, -0.2) is 27.5 Å². The largest absolute Gasteiger partial charge is 0.388 e. The Kier molecular flexibility index (Phi) is 2.05. The quantitative estimate of drug-likeness (QED) is 0.695. The molecule has 0 aliphatic rings. The predicted molar refractivity (Wildman–Crippen MR) is 52.2 cm³/mol. The zero-order valence-electron chi connectivity index (χ0n) is 7.74. The number of nitrogens with one attached hydrogen (secondary N) is 1. The number of ketones is 1. The van der Waals surface area contributed by atoms with Crippen molar-refractivity contribution in [3.05, 3.63) is 29.6 Å². The average Bonchev–Trinajstić information content (AvgIpc) is 2.55. The first-order valence-electron chi connectivity index (χ1n) is 4.31. The second kappa shape index (κ2) is 3.23. The zero-order chi connectivity index (χ0) is 10.1. The summed E-state index contributed by atoms with van der Waals surface area (Å²) in [6, 6.07) is 5.14. The van der Waals surface area contributed by atoms with Crippen LogP contribution in [-0.2, 0) is 0 Å². The lowest BCUT2D eigenvalue weighted by Gasteiger charge is -1.95. The Bertz CT molecular complexity index is 488. The number of nitrogens with zero attached hydrogens (tertiary/aromatic N) is 1. The smallest absolute Gasteiger partial charge is 0.188 e. The summed E-state index contributed by atoms with van der Waals surface area (Å²) < 4.78 is 0. The van der Waals surface area contributed by atoms with Crippen LogP contribution >= 0.6 is 0 Å². The maximum atomic E-state index is 11.2. The van der Waals surface area contributed by atoms with Gasteiger partial charge in [0.15, 0.2) is 5.78 Å². The molecular formula is C10H10N2O2. The molecule has 72 valence electrons. The monoisotopic (exact) mass is 190 g/mol. The highest BCUT2D eigenvalue weighted by Crippen LogP contribution is 2.13. The van der Waals surface area contributed by atoms with E-state index in [1.165, 1.54) is 0 Å². The van der Waals surface area contributed by atoms with E-state index in [-0.39, 0.29) is 5.78 Å². The normalized spacial score (nSPS) is 10.7. The van der Waals surface area contributed by atoms with E-state index in [2.05, 4.69) is 9.97 Å². The summed E-state index contributed by atoms with van der Waals surface area (Å²) in [6.07, 6.45) is 0. The predicted octanol–water partition coefficient (Wildman–Crippen LogP) is 1.05. The van der Waals surface area contributed by atoms with Gasteiger partial charge in [-0.2, -0.15) is 0 Å². The fourth-order valence-corrected chi connectivity index (χ4v) is 1.40. The Hall–Kier alpha value is -1.68. The van der Waals surface area contributed by atoms with E-state index in [1.807, 2.05) is 6.92 Å². The van der Waals surface area contributed by atoms with Crippen LogP contribution in [0.3, 0.4) is 0 Å². The van der Waals surface area contributed by atoms with Crippen molar-refractivity contribution in [2.24, 2.45) is 0 Å². The molecule has 0 fully saturated rings. The number of carbonyl (C=O) groups is 1. The maximum Gasteiger partial charge on any atom is 0.188 e. The third kappa shape index (κ3) is 1.40. The fourth-order valence-electron chi connectivity index (χ4n) is 1.40. The Morgan fingerprint density at radius 1 is 1.57 bits per heavy atom. The van der Waals surface area contributed by atoms with Crippen LogP contribution in [0.1, 0.15) is 16.2 Å². The van der Waals surface area contributed by atoms with Gasteiger partial charge in [0.25, 0.3) is 0 Å². The van der Waals surface area contributed by atoms with Crippen LogP contribution in [0.2, 0.25) is 0 Å². The number of fused-ring (bicyclic) bond motifs is 1. The maximum absolute atomic E-state index is 11.2. The average molecular weight is 190 g/mol. The molecule has 0 aliphatic heterocycles. The molecule has 0 saturated carbocycles. The number of aromatic amines is 1. The van der Waals surface area contributed by atoms with Crippen molar-refractivity contribution in [3.63, 3.8) is 0 Å². The SMILES string of the molecule is Cc1nc2ccc(C(=O)CO)cc2[nH]1. The van der Waals surface area contributed by atoms with Crippen molar-refractivity contribution < 1.29 is 9.90 Å². The summed E-state index contributed by atoms with van der Waals surface area (Å²) in [6.45, 7) is 1.40. The van der Waals surface area contributed by atoms with Crippen LogP contribution in [0.4, 0.5) is 0 Å². The van der Waals surface area contributed by atoms with Crippen molar-refractivity contribution >= 4 is 16.8 Å². The lowest BCUT2D eigenvalue weighted by atomic mass is 10.1. The van der Waals surface area contributed by atoms with Crippen LogP contribution in [0.25, 0.3) is 11.0 Å². The minimum Gasteiger partial charge on any atom is -0.388 e. The van der Waals surface area contributed by atoms with Gasteiger partial charge in [0.2, 0.25) is 0 Å². The highest BCUT2D eigenvalue weighted by atomic mass is 16.3. The number of rotatable bonds is 2. The van der Waals surface area contributed by atoms with E-state index < -0.39 is 6.61 Å². The molecule has 0 atom stereocenters. The Morgan fingerprint density at radius 2 is 2.36 bits per heavy atom. The van der Waals surface area contributed by atoms with E-state index in [9.17, 15) is 4.79 Å². The van der Waals surface area contributed by atoms with Gasteiger partial charge in [-0.25, -0.2) is 4.98 Å². The minimum atomic E-state index is -0.460. The lowest BCUT2D eigenvalue weighted by molar-refractivity contribution is 0.0904. The third-order valence-electron chi connectivity index (χ3n) is 2.07. The number of carbonyl (C=O) groups excluding carboxylic acids is 1. The van der Waals surface area contributed by atoms with Gasteiger partial charge in [0.05, 0.1) is 11.0 Å². The molecule has 0 spiro atoms. The molecule has 0 aliphatic carbocycles. The van der Waals surface area contributed by atoms with Gasteiger partial charge in [-0.1, -0.05) is 0 Å². The van der Waals surface area contributed by atoms with Crippen LogP contribution in [0.15, 0.2) is 18.2 Å². The summed E-state index contributed by atoms with van der Waals surface area (Å²) in [7, 11) is 0. The van der Waals surface area contributed by atoms with Crippen molar-refractivity contribution in [3.8, 4) is 0 Å². The van der Waals surface area contributed by atoms with E-state index in [1.54, 1.807) is 18.2 Å². The summed E-state index contributed by atoms with van der Waals surface area (Å²) in [4.78, 5) is 18.4. The molecule has 0 bridgehead atoms. The van der Waals surface area contributed by atoms with E-state index in [0.29, 0.717) is 5.56 Å². The number of imidazole rings is 1. The minimum absolute atomic E-state index is 0.279. The van der Waals surface area contributed by atoms with Crippen molar-refractivity contribution in [2.45, 2.75) is 6.92 Å². The third-order valence-corrected chi connectivity index (χ3v) is 2.07. The van der Waals surface area contributed by atoms with E-state index >= 15 is 0 Å². The second-order valence-electron chi connectivity index (χ2n) is 3.14. The van der Waals surface area contributed by atoms with Gasteiger partial charge in [-0.3, -0.25) is 4.79 Å². The molecule has 4 heteroatoms. The molecule has 2 rings (SSSR count). The van der Waals surface area contributed by atoms with Crippen molar-refractivity contribution in [2.75, 3.05) is 6.61 Å². The van der Waals surface area contributed by atoms with Gasteiger partial charge in [-0.05, 0) is 25.1 Å². The van der Waals surface area contributed by atoms with E-state index in [0.717, 1.165) is 16.9 Å². The van der Waals surface area contributed by atoms with Gasteiger partial charge in [-0.15, -0.1) is 0 Å². The number of hydrogen-bond acceptors (Lipinski definition) is 3. The highest BCUT2D eigenvalue weighted by molar-refractivity contribution is 5.99. The number of aryl methyl sites for hydroxylation is 1. The number of benzene rings is 1. The van der Waals surface area contributed by atoms with Gasteiger partial charge in [0.1, 0.15) is 12.4 Å². The standard InChI is InChI=1S/C10H10N2O2/c1-6-11-8-3-2-7(10(14)5-13)4-9(8)12-6/h2-4,13H,5H2,1H3,(H,11,12). The molecule has 2 aromatic rings. The molecule has 14 heavy (non-hydrogen) atoms. The molecule has 1 aromatic carbocycles. The highest BCUT2D eigenvalue weighted by Gasteiger charge is 2.06. The summed E-state index contributed by atoms with van der Waals surface area (Å²) in [5.74, 6) is 0.535. The van der Waals surface area contributed by atoms with E-state index in [4.69, 9.17) is 5.11 Å². The number of aromatic nitrogens is 2. The zero-order valence-corrected chi connectivity index (χ0v) is 7.74. The van der Waals surface area contributed by atoms with Crippen LogP contribution in [0.5, 0.6) is 0 Å². The Morgan fingerprint density at radius 3 is 3.07 bits per heavy atom. The number of hydrogen-bond donors (Lipinski definition) is 2. The first kappa shape index (κ1) is 8.90. The molecule has 0 radical (unpaired) electrons. The topological polar surface area (TPSA) is 66.0 Å². The molecule has 1 aromatic heterocycles. The van der Waals surface area contributed by atoms with Gasteiger partial charge >= 0.3 is 0 Å².